The Morgan fingerprint density at radius 1 is 1.24 bits per heavy atom. The summed E-state index contributed by atoms with van der Waals surface area (Å²) in [6, 6.07) is 4.95. The number of carbonyl (C=O) groups excluding carboxylic acids is 4. The van der Waals surface area contributed by atoms with E-state index in [2.05, 4.69) is 15.7 Å². The van der Waals surface area contributed by atoms with Gasteiger partial charge in [0.25, 0.3) is 5.91 Å². The summed E-state index contributed by atoms with van der Waals surface area (Å²) in [5, 5.41) is 8.48. The summed E-state index contributed by atoms with van der Waals surface area (Å²) in [6.45, 7) is 5.94. The molecule has 1 aliphatic rings. The number of rotatable bonds is 7. The van der Waals surface area contributed by atoms with Gasteiger partial charge in [0, 0.05) is 6.54 Å². The van der Waals surface area contributed by atoms with E-state index in [1.54, 1.807) is 52.0 Å². The van der Waals surface area contributed by atoms with Crippen LogP contribution in [0.1, 0.15) is 38.8 Å². The van der Waals surface area contributed by atoms with Crippen LogP contribution >= 0.6 is 24.8 Å². The summed E-state index contributed by atoms with van der Waals surface area (Å²) in [5.41, 5.74) is 4.94. The first-order chi connectivity index (χ1) is 14.4. The number of hydrogen-bond donors (Lipinski definition) is 4. The van der Waals surface area contributed by atoms with E-state index in [4.69, 9.17) is 16.3 Å². The van der Waals surface area contributed by atoms with Crippen molar-refractivity contribution in [3.05, 3.63) is 35.4 Å². The quantitative estimate of drug-likeness (QED) is 0.136. The van der Waals surface area contributed by atoms with Gasteiger partial charge in [-0.2, -0.15) is 5.10 Å². The molecule has 11 nitrogen and oxygen atoms in total. The van der Waals surface area contributed by atoms with E-state index in [-0.39, 0.29) is 31.4 Å². The fourth-order valence-corrected chi connectivity index (χ4v) is 2.91. The number of amides is 4. The molecule has 2 unspecified atom stereocenters. The molecule has 0 radical (unpaired) electrons. The minimum absolute atomic E-state index is 0. The van der Waals surface area contributed by atoms with Gasteiger partial charge in [-0.1, -0.05) is 24.3 Å². The summed E-state index contributed by atoms with van der Waals surface area (Å²) in [7, 11) is 0. The van der Waals surface area contributed by atoms with Crippen LogP contribution in [0.15, 0.2) is 29.4 Å². The molecule has 1 aliphatic heterocycles. The molecule has 6 N–H and O–H groups in total. The summed E-state index contributed by atoms with van der Waals surface area (Å²) in [5.74, 6) is 3.23. The molecular formula is C20H30Cl2N6O5. The first-order valence-corrected chi connectivity index (χ1v) is 9.60. The number of urea groups is 1. The van der Waals surface area contributed by atoms with Gasteiger partial charge in [0.15, 0.2) is 0 Å². The molecule has 184 valence electrons. The molecular weight excluding hydrogens is 475 g/mol. The highest BCUT2D eigenvalue weighted by Crippen LogP contribution is 2.28. The zero-order valence-corrected chi connectivity index (χ0v) is 20.4. The highest BCUT2D eigenvalue weighted by atomic mass is 35.5. The molecule has 1 aromatic rings. The van der Waals surface area contributed by atoms with Crippen molar-refractivity contribution in [2.24, 2.45) is 16.7 Å². The SMILES string of the molecule is CC(C)(C)OC(=O)C(N)CNC(=O)CN1C(=O)NC(C)(c2ccc(/C=N/N)cc2)C1=O.Cl.Cl. The number of benzene rings is 1. The number of hydrogen-bond acceptors (Lipinski definition) is 8. The maximum atomic E-state index is 12.9. The summed E-state index contributed by atoms with van der Waals surface area (Å²) in [6.07, 6.45) is 1.44. The van der Waals surface area contributed by atoms with Crippen LogP contribution in [-0.2, 0) is 24.7 Å². The van der Waals surface area contributed by atoms with E-state index in [9.17, 15) is 19.2 Å². The smallest absolute Gasteiger partial charge is 0.325 e. The van der Waals surface area contributed by atoms with Gasteiger partial charge in [0.1, 0.15) is 23.7 Å². The van der Waals surface area contributed by atoms with Gasteiger partial charge in [-0.15, -0.1) is 24.8 Å². The molecule has 0 aromatic heterocycles. The zero-order valence-electron chi connectivity index (χ0n) is 18.8. The van der Waals surface area contributed by atoms with Gasteiger partial charge >= 0.3 is 12.0 Å². The van der Waals surface area contributed by atoms with Gasteiger partial charge in [-0.05, 0) is 38.8 Å². The van der Waals surface area contributed by atoms with Crippen molar-refractivity contribution in [1.29, 1.82) is 0 Å². The summed E-state index contributed by atoms with van der Waals surface area (Å²) in [4.78, 5) is 50.2. The van der Waals surface area contributed by atoms with Crippen molar-refractivity contribution in [1.82, 2.24) is 15.5 Å². The van der Waals surface area contributed by atoms with E-state index < -0.39 is 47.5 Å². The van der Waals surface area contributed by atoms with Crippen LogP contribution in [0.4, 0.5) is 4.79 Å². The number of ether oxygens (including phenoxy) is 1. The lowest BCUT2D eigenvalue weighted by molar-refractivity contribution is -0.156. The number of carbonyl (C=O) groups is 4. The van der Waals surface area contributed by atoms with Crippen LogP contribution in [-0.4, -0.2) is 59.7 Å². The predicted octanol–water partition coefficient (Wildman–Crippen LogP) is 0.375. The second-order valence-electron chi connectivity index (χ2n) is 8.29. The Balaban J connectivity index is 0.00000512. The molecule has 2 rings (SSSR count). The topological polar surface area (TPSA) is 169 Å². The average Bonchev–Trinajstić information content (AvgIpc) is 2.89. The Labute approximate surface area is 204 Å². The third kappa shape index (κ3) is 7.58. The van der Waals surface area contributed by atoms with Crippen molar-refractivity contribution >= 4 is 54.8 Å². The fraction of sp³-hybridized carbons (Fsp3) is 0.450. The molecule has 0 spiro atoms. The average molecular weight is 505 g/mol. The molecule has 13 heteroatoms. The first kappa shape index (κ1) is 30.1. The predicted molar refractivity (Wildman–Crippen MR) is 127 cm³/mol. The number of esters is 1. The lowest BCUT2D eigenvalue weighted by Crippen LogP contribution is -2.48. The van der Waals surface area contributed by atoms with Crippen LogP contribution in [0.2, 0.25) is 0 Å². The first-order valence-electron chi connectivity index (χ1n) is 9.60. The lowest BCUT2D eigenvalue weighted by atomic mass is 9.91. The standard InChI is InChI=1S/C20H28N6O5.2ClH/c1-19(2,3)31-16(28)14(21)10-23-15(27)11-26-17(29)20(4,25-18(26)30)13-7-5-12(6-8-13)9-24-22;;/h5-9,14H,10-11,21-22H2,1-4H3,(H,23,27)(H,25,30);2*1H/b24-9+;;. The van der Waals surface area contributed by atoms with Crippen LogP contribution in [0, 0.1) is 0 Å². The van der Waals surface area contributed by atoms with Crippen molar-refractivity contribution in [3.8, 4) is 0 Å². The maximum absolute atomic E-state index is 12.9. The number of halogens is 2. The number of nitrogens with zero attached hydrogens (tertiary/aromatic N) is 2. The molecule has 1 aromatic carbocycles. The highest BCUT2D eigenvalue weighted by molar-refractivity contribution is 6.09. The third-order valence-corrected chi connectivity index (χ3v) is 4.52. The molecule has 33 heavy (non-hydrogen) atoms. The number of hydrazone groups is 1. The third-order valence-electron chi connectivity index (χ3n) is 4.52. The molecule has 2 atom stereocenters. The second-order valence-corrected chi connectivity index (χ2v) is 8.29. The van der Waals surface area contributed by atoms with Gasteiger partial charge in [-0.3, -0.25) is 19.3 Å². The van der Waals surface area contributed by atoms with E-state index in [0.29, 0.717) is 5.56 Å². The lowest BCUT2D eigenvalue weighted by Gasteiger charge is -2.23. The Hall–Kier alpha value is -2.89. The van der Waals surface area contributed by atoms with Crippen LogP contribution in [0.3, 0.4) is 0 Å². The van der Waals surface area contributed by atoms with Gasteiger partial charge in [0.05, 0.1) is 6.21 Å². The van der Waals surface area contributed by atoms with Crippen molar-refractivity contribution in [2.75, 3.05) is 13.1 Å². The van der Waals surface area contributed by atoms with Crippen LogP contribution < -0.4 is 22.2 Å². The Kier molecular flexibility index (Phi) is 10.8. The summed E-state index contributed by atoms with van der Waals surface area (Å²) >= 11 is 0. The number of nitrogens with one attached hydrogen (secondary N) is 2. The zero-order chi connectivity index (χ0) is 23.4. The molecule has 0 aliphatic carbocycles. The molecule has 1 heterocycles. The Morgan fingerprint density at radius 2 is 1.82 bits per heavy atom. The highest BCUT2D eigenvalue weighted by Gasteiger charge is 2.49. The molecule has 0 bridgehead atoms. The molecule has 4 amide bonds. The minimum Gasteiger partial charge on any atom is -0.459 e. The van der Waals surface area contributed by atoms with E-state index in [0.717, 1.165) is 10.5 Å². The van der Waals surface area contributed by atoms with Crippen LogP contribution in [0.5, 0.6) is 0 Å². The second kappa shape index (κ2) is 11.8. The van der Waals surface area contributed by atoms with Crippen molar-refractivity contribution < 1.29 is 23.9 Å². The minimum atomic E-state index is -1.33. The van der Waals surface area contributed by atoms with Gasteiger partial charge in [0.2, 0.25) is 5.91 Å². The van der Waals surface area contributed by atoms with E-state index in [1.807, 2.05) is 0 Å². The van der Waals surface area contributed by atoms with Crippen molar-refractivity contribution in [2.45, 2.75) is 44.9 Å². The Morgan fingerprint density at radius 3 is 2.33 bits per heavy atom. The van der Waals surface area contributed by atoms with Crippen molar-refractivity contribution in [3.63, 3.8) is 0 Å². The monoisotopic (exact) mass is 504 g/mol. The van der Waals surface area contributed by atoms with Gasteiger partial charge < -0.3 is 26.9 Å². The molecule has 1 fully saturated rings. The molecule has 0 saturated carbocycles. The summed E-state index contributed by atoms with van der Waals surface area (Å²) < 4.78 is 5.14. The normalized spacial score (nSPS) is 18.8. The van der Waals surface area contributed by atoms with Crippen LogP contribution in [0.25, 0.3) is 0 Å². The molecule has 1 saturated heterocycles. The van der Waals surface area contributed by atoms with E-state index >= 15 is 0 Å². The largest absolute Gasteiger partial charge is 0.459 e. The van der Waals surface area contributed by atoms with E-state index in [1.165, 1.54) is 6.21 Å². The number of imide groups is 1. The Bertz CT molecular complexity index is 903. The maximum Gasteiger partial charge on any atom is 0.325 e. The fourth-order valence-electron chi connectivity index (χ4n) is 2.91. The van der Waals surface area contributed by atoms with Gasteiger partial charge in [-0.25, -0.2) is 4.79 Å². The number of nitrogens with two attached hydrogens (primary N) is 2.